The zero-order chi connectivity index (χ0) is 21.4. The third-order valence-corrected chi connectivity index (χ3v) is 5.21. The Bertz CT molecular complexity index is 1450. The van der Waals surface area contributed by atoms with E-state index in [0.29, 0.717) is 21.5 Å². The molecule has 31 heavy (non-hydrogen) atoms. The van der Waals surface area contributed by atoms with Crippen molar-refractivity contribution in [3.05, 3.63) is 89.5 Å². The summed E-state index contributed by atoms with van der Waals surface area (Å²) in [7, 11) is 3.82. The van der Waals surface area contributed by atoms with E-state index in [1.807, 2.05) is 97.7 Å². The molecular formula is C23H19ClN7+. The average Bonchev–Trinajstić information content (AvgIpc) is 3.23. The number of fused-ring (bicyclic) bond motifs is 1. The lowest BCUT2D eigenvalue weighted by atomic mass is 10.1. The smallest absolute Gasteiger partial charge is 0.234 e. The summed E-state index contributed by atoms with van der Waals surface area (Å²) in [5.74, 6) is 0.787. The van der Waals surface area contributed by atoms with Crippen molar-refractivity contribution in [1.29, 1.82) is 0 Å². The van der Waals surface area contributed by atoms with Crippen molar-refractivity contribution in [3.63, 3.8) is 0 Å². The zero-order valence-electron chi connectivity index (χ0n) is 17.0. The monoisotopic (exact) mass is 428 g/mol. The van der Waals surface area contributed by atoms with Crippen LogP contribution in [0.4, 0.5) is 5.82 Å². The summed E-state index contributed by atoms with van der Waals surface area (Å²) in [6, 6.07) is 23.2. The van der Waals surface area contributed by atoms with E-state index in [4.69, 9.17) is 31.9 Å². The van der Waals surface area contributed by atoms with E-state index in [0.717, 1.165) is 22.8 Å². The lowest BCUT2D eigenvalue weighted by Gasteiger charge is -2.03. The van der Waals surface area contributed by atoms with Gasteiger partial charge in [-0.1, -0.05) is 48.0 Å². The number of benzene rings is 2. The first kappa shape index (κ1) is 19.1. The Hall–Kier alpha value is -3.84. The molecule has 3 heterocycles. The van der Waals surface area contributed by atoms with Gasteiger partial charge < -0.3 is 0 Å². The van der Waals surface area contributed by atoms with Crippen molar-refractivity contribution in [2.45, 2.75) is 0 Å². The van der Waals surface area contributed by atoms with Crippen LogP contribution in [0.15, 0.2) is 84.0 Å². The van der Waals surface area contributed by atoms with Gasteiger partial charge in [0.15, 0.2) is 5.52 Å². The Labute approximate surface area is 183 Å². The summed E-state index contributed by atoms with van der Waals surface area (Å²) in [5.41, 5.74) is 4.47. The second-order valence-electron chi connectivity index (χ2n) is 7.11. The topological polar surface area (TPSA) is 64.8 Å². The Morgan fingerprint density at radius 3 is 2.29 bits per heavy atom. The molecule has 0 bridgehead atoms. The van der Waals surface area contributed by atoms with Gasteiger partial charge in [0.2, 0.25) is 0 Å². The van der Waals surface area contributed by atoms with E-state index in [2.05, 4.69) is 0 Å². The molecular weight excluding hydrogens is 410 g/mol. The van der Waals surface area contributed by atoms with Crippen LogP contribution < -0.4 is 10.1 Å². The van der Waals surface area contributed by atoms with Crippen molar-refractivity contribution in [3.8, 4) is 16.9 Å². The molecule has 0 radical (unpaired) electrons. The number of aryl methyl sites for hydroxylation is 2. The highest BCUT2D eigenvalue weighted by atomic mass is 35.5. The Balaban J connectivity index is 1.83. The third-order valence-electron chi connectivity index (χ3n) is 4.96. The van der Waals surface area contributed by atoms with Crippen LogP contribution in [0.1, 0.15) is 0 Å². The first-order valence-corrected chi connectivity index (χ1v) is 10.1. The van der Waals surface area contributed by atoms with Gasteiger partial charge in [0.05, 0.1) is 18.9 Å². The lowest BCUT2D eigenvalue weighted by Crippen LogP contribution is -2.29. The fourth-order valence-corrected chi connectivity index (χ4v) is 3.49. The summed E-state index contributed by atoms with van der Waals surface area (Å²) in [5, 5.41) is 15.0. The van der Waals surface area contributed by atoms with Crippen molar-refractivity contribution in [1.82, 2.24) is 24.8 Å². The Morgan fingerprint density at radius 2 is 1.55 bits per heavy atom. The summed E-state index contributed by atoms with van der Waals surface area (Å²) in [6.45, 7) is 0. The van der Waals surface area contributed by atoms with E-state index in [1.54, 1.807) is 9.48 Å². The zero-order valence-corrected chi connectivity index (χ0v) is 17.8. The minimum Gasteiger partial charge on any atom is -0.234 e. The number of halogens is 1. The van der Waals surface area contributed by atoms with Crippen LogP contribution in [-0.2, 0) is 14.1 Å². The van der Waals surface area contributed by atoms with Gasteiger partial charge in [-0.15, -0.1) is 10.2 Å². The SMILES string of the molecule is Cn1nc(-c2ccccc2)c2nn(-c3ccc(Cl)cc3)nc2/c1=N/c1cccc[n+]1C. The number of hydrogen-bond donors (Lipinski definition) is 0. The quantitative estimate of drug-likeness (QED) is 0.413. The van der Waals surface area contributed by atoms with Crippen LogP contribution in [-0.4, -0.2) is 24.8 Å². The highest BCUT2D eigenvalue weighted by Gasteiger charge is 2.19. The molecule has 0 atom stereocenters. The van der Waals surface area contributed by atoms with Gasteiger partial charge in [0.1, 0.15) is 11.2 Å². The second-order valence-corrected chi connectivity index (χ2v) is 7.54. The molecule has 3 aromatic heterocycles. The van der Waals surface area contributed by atoms with Crippen molar-refractivity contribution in [2.75, 3.05) is 0 Å². The Kier molecular flexibility index (Phi) is 4.80. The summed E-state index contributed by atoms with van der Waals surface area (Å²) >= 11 is 6.05. The molecule has 152 valence electrons. The van der Waals surface area contributed by atoms with E-state index >= 15 is 0 Å². The van der Waals surface area contributed by atoms with Crippen LogP contribution in [0, 0.1) is 0 Å². The first-order chi connectivity index (χ1) is 15.1. The molecule has 0 fully saturated rings. The van der Waals surface area contributed by atoms with Gasteiger partial charge in [-0.3, -0.25) is 0 Å². The molecule has 0 amide bonds. The van der Waals surface area contributed by atoms with E-state index < -0.39 is 0 Å². The van der Waals surface area contributed by atoms with Gasteiger partial charge in [0.25, 0.3) is 5.49 Å². The molecule has 5 aromatic rings. The van der Waals surface area contributed by atoms with E-state index in [9.17, 15) is 0 Å². The highest BCUT2D eigenvalue weighted by molar-refractivity contribution is 6.30. The lowest BCUT2D eigenvalue weighted by molar-refractivity contribution is -0.658. The standard InChI is InChI=1S/C23H19ClN7/c1-29-15-7-6-10-19(29)25-23-22-21(20(26-30(23)2)16-8-4-3-5-9-16)27-31(28-22)18-13-11-17(24)12-14-18/h3-15H,1-2H3/q+1. The first-order valence-electron chi connectivity index (χ1n) is 9.75. The maximum atomic E-state index is 6.05. The van der Waals surface area contributed by atoms with Gasteiger partial charge in [-0.2, -0.15) is 9.90 Å². The molecule has 0 saturated heterocycles. The maximum Gasteiger partial charge on any atom is 0.325 e. The molecule has 8 heteroatoms. The number of aromatic nitrogens is 6. The average molecular weight is 429 g/mol. The molecule has 0 aliphatic rings. The van der Waals surface area contributed by atoms with E-state index in [-0.39, 0.29) is 0 Å². The normalized spacial score (nSPS) is 11.9. The van der Waals surface area contributed by atoms with Crippen LogP contribution in [0.5, 0.6) is 0 Å². The predicted molar refractivity (Wildman–Crippen MR) is 119 cm³/mol. The Morgan fingerprint density at radius 1 is 0.839 bits per heavy atom. The van der Waals surface area contributed by atoms with Crippen molar-refractivity contribution < 1.29 is 4.57 Å². The molecule has 0 aliphatic heterocycles. The number of nitrogens with zero attached hydrogens (tertiary/aromatic N) is 7. The summed E-state index contributed by atoms with van der Waals surface area (Å²) in [4.78, 5) is 6.45. The molecule has 7 nitrogen and oxygen atoms in total. The highest BCUT2D eigenvalue weighted by Crippen LogP contribution is 2.23. The van der Waals surface area contributed by atoms with Crippen LogP contribution >= 0.6 is 11.6 Å². The molecule has 0 spiro atoms. The summed E-state index contributed by atoms with van der Waals surface area (Å²) in [6.07, 6.45) is 1.95. The van der Waals surface area contributed by atoms with Crippen LogP contribution in [0.25, 0.3) is 28.0 Å². The third kappa shape index (κ3) is 3.60. The second kappa shape index (κ2) is 7.77. The molecule has 0 unspecified atom stereocenters. The maximum absolute atomic E-state index is 6.05. The minimum atomic E-state index is 0.622. The molecule has 5 rings (SSSR count). The minimum absolute atomic E-state index is 0.622. The van der Waals surface area contributed by atoms with Gasteiger partial charge in [-0.05, 0) is 35.3 Å². The predicted octanol–water partition coefficient (Wildman–Crippen LogP) is 3.53. The molecule has 0 aliphatic carbocycles. The fourth-order valence-electron chi connectivity index (χ4n) is 3.36. The number of hydrogen-bond acceptors (Lipinski definition) is 4. The molecule has 0 N–H and O–H groups in total. The molecule has 0 saturated carbocycles. The van der Waals surface area contributed by atoms with Gasteiger partial charge >= 0.3 is 5.82 Å². The van der Waals surface area contributed by atoms with E-state index in [1.165, 1.54) is 0 Å². The summed E-state index contributed by atoms with van der Waals surface area (Å²) < 4.78 is 3.69. The molecule has 2 aromatic carbocycles. The van der Waals surface area contributed by atoms with Gasteiger partial charge in [-0.25, -0.2) is 9.25 Å². The number of pyridine rings is 1. The van der Waals surface area contributed by atoms with Crippen molar-refractivity contribution >= 4 is 28.5 Å². The van der Waals surface area contributed by atoms with Crippen molar-refractivity contribution in [2.24, 2.45) is 19.1 Å². The fraction of sp³-hybridized carbons (Fsp3) is 0.0870. The van der Waals surface area contributed by atoms with Gasteiger partial charge in [0, 0.05) is 23.7 Å². The van der Waals surface area contributed by atoms with Crippen LogP contribution in [0.2, 0.25) is 5.02 Å². The van der Waals surface area contributed by atoms with Crippen LogP contribution in [0.3, 0.4) is 0 Å². The number of rotatable bonds is 3. The largest absolute Gasteiger partial charge is 0.325 e.